The molecule has 1 rings (SSSR count). The van der Waals surface area contributed by atoms with Crippen molar-refractivity contribution in [1.29, 1.82) is 0 Å². The third kappa shape index (κ3) is 11.9. The van der Waals surface area contributed by atoms with Gasteiger partial charge in [-0.3, -0.25) is 14.4 Å². The van der Waals surface area contributed by atoms with Gasteiger partial charge in [-0.2, -0.15) is 0 Å². The number of nitrogens with two attached hydrogens (primary N) is 1. The van der Waals surface area contributed by atoms with Crippen molar-refractivity contribution in [1.82, 2.24) is 10.6 Å². The third-order valence-electron chi connectivity index (χ3n) is 5.00. The van der Waals surface area contributed by atoms with Gasteiger partial charge in [-0.05, 0) is 18.8 Å². The Morgan fingerprint density at radius 1 is 0.846 bits per heavy atom. The van der Waals surface area contributed by atoms with Crippen LogP contribution < -0.4 is 16.4 Å². The minimum atomic E-state index is -0.564. The Labute approximate surface area is 158 Å². The second kappa shape index (κ2) is 13.6. The summed E-state index contributed by atoms with van der Waals surface area (Å²) in [7, 11) is 0. The summed E-state index contributed by atoms with van der Waals surface area (Å²) < 4.78 is 0. The van der Waals surface area contributed by atoms with Gasteiger partial charge in [0.25, 0.3) is 0 Å². The number of amides is 3. The molecule has 1 aliphatic carbocycles. The summed E-state index contributed by atoms with van der Waals surface area (Å²) in [5, 5.41) is 5.64. The fraction of sp³-hybridized carbons (Fsp3) is 0.850. The molecular weight excluding hydrogens is 330 g/mol. The van der Waals surface area contributed by atoms with Gasteiger partial charge in [0.05, 0.1) is 6.54 Å². The first-order valence-corrected chi connectivity index (χ1v) is 10.3. The highest BCUT2D eigenvalue weighted by Crippen LogP contribution is 2.17. The summed E-state index contributed by atoms with van der Waals surface area (Å²) in [4.78, 5) is 34.7. The van der Waals surface area contributed by atoms with Crippen LogP contribution in [0.25, 0.3) is 0 Å². The molecule has 0 aliphatic heterocycles. The van der Waals surface area contributed by atoms with Crippen molar-refractivity contribution in [3.63, 3.8) is 0 Å². The molecule has 3 amide bonds. The summed E-state index contributed by atoms with van der Waals surface area (Å²) >= 11 is 0. The standard InChI is InChI=1S/C20H37N3O3/c1-16(13-19(25)22-15-18(21)24)14-20(26)23-17-11-9-7-5-3-2-4-6-8-10-12-17/h16-17H,2-15H2,1H3,(H2,21,24)(H,22,25)(H,23,26)/t16-/m0/s1. The van der Waals surface area contributed by atoms with Gasteiger partial charge in [-0.1, -0.05) is 64.7 Å². The minimum absolute atomic E-state index is 0.0253. The molecule has 0 saturated heterocycles. The number of carbonyl (C=O) groups excluding carboxylic acids is 3. The number of hydrogen-bond acceptors (Lipinski definition) is 3. The average Bonchev–Trinajstić information content (AvgIpc) is 2.55. The molecule has 6 nitrogen and oxygen atoms in total. The van der Waals surface area contributed by atoms with E-state index < -0.39 is 5.91 Å². The Hall–Kier alpha value is -1.59. The van der Waals surface area contributed by atoms with Crippen molar-refractivity contribution < 1.29 is 14.4 Å². The summed E-state index contributed by atoms with van der Waals surface area (Å²) in [5.41, 5.74) is 5.00. The summed E-state index contributed by atoms with van der Waals surface area (Å²) in [6, 6.07) is 0.262. The molecule has 26 heavy (non-hydrogen) atoms. The molecule has 0 heterocycles. The molecule has 1 atom stereocenters. The van der Waals surface area contributed by atoms with Crippen LogP contribution in [0.2, 0.25) is 0 Å². The zero-order valence-corrected chi connectivity index (χ0v) is 16.4. The average molecular weight is 368 g/mol. The van der Waals surface area contributed by atoms with E-state index in [2.05, 4.69) is 10.6 Å². The molecule has 6 heteroatoms. The van der Waals surface area contributed by atoms with Gasteiger partial charge in [-0.25, -0.2) is 0 Å². The summed E-state index contributed by atoms with van der Waals surface area (Å²) in [6.45, 7) is 1.73. The fourth-order valence-electron chi connectivity index (χ4n) is 3.56. The first-order valence-electron chi connectivity index (χ1n) is 10.3. The van der Waals surface area contributed by atoms with Crippen LogP contribution in [0.4, 0.5) is 0 Å². The van der Waals surface area contributed by atoms with Crippen LogP contribution >= 0.6 is 0 Å². The van der Waals surface area contributed by atoms with Gasteiger partial charge in [0.2, 0.25) is 17.7 Å². The number of rotatable bonds is 7. The topological polar surface area (TPSA) is 101 Å². The van der Waals surface area contributed by atoms with Crippen LogP contribution in [0.15, 0.2) is 0 Å². The predicted octanol–water partition coefficient (Wildman–Crippen LogP) is 2.79. The lowest BCUT2D eigenvalue weighted by Crippen LogP contribution is -2.37. The van der Waals surface area contributed by atoms with Crippen molar-refractivity contribution in [2.24, 2.45) is 11.7 Å². The van der Waals surface area contributed by atoms with Crippen molar-refractivity contribution in [2.75, 3.05) is 6.54 Å². The van der Waals surface area contributed by atoms with Crippen LogP contribution in [0.3, 0.4) is 0 Å². The third-order valence-corrected chi connectivity index (χ3v) is 5.00. The maximum Gasteiger partial charge on any atom is 0.236 e. The zero-order chi connectivity index (χ0) is 19.2. The number of nitrogens with one attached hydrogen (secondary N) is 2. The van der Waals surface area contributed by atoms with Crippen molar-refractivity contribution in [3.05, 3.63) is 0 Å². The van der Waals surface area contributed by atoms with Crippen LogP contribution in [0.5, 0.6) is 0 Å². The highest BCUT2D eigenvalue weighted by molar-refractivity contribution is 5.84. The fourth-order valence-corrected chi connectivity index (χ4v) is 3.56. The van der Waals surface area contributed by atoms with Gasteiger partial charge in [0.15, 0.2) is 0 Å². The van der Waals surface area contributed by atoms with Gasteiger partial charge in [0.1, 0.15) is 0 Å². The lowest BCUT2D eigenvalue weighted by Gasteiger charge is -2.20. The van der Waals surface area contributed by atoms with Crippen molar-refractivity contribution >= 4 is 17.7 Å². The van der Waals surface area contributed by atoms with E-state index in [0.29, 0.717) is 6.42 Å². The molecule has 1 fully saturated rings. The van der Waals surface area contributed by atoms with E-state index in [9.17, 15) is 14.4 Å². The van der Waals surface area contributed by atoms with Gasteiger partial charge in [0, 0.05) is 18.9 Å². The second-order valence-electron chi connectivity index (χ2n) is 7.78. The van der Waals surface area contributed by atoms with E-state index in [0.717, 1.165) is 12.8 Å². The molecule has 0 aromatic heterocycles. The minimum Gasteiger partial charge on any atom is -0.368 e. The monoisotopic (exact) mass is 367 g/mol. The second-order valence-corrected chi connectivity index (χ2v) is 7.78. The molecule has 4 N–H and O–H groups in total. The Morgan fingerprint density at radius 3 is 1.81 bits per heavy atom. The maximum absolute atomic E-state index is 12.3. The molecule has 0 aromatic rings. The zero-order valence-electron chi connectivity index (χ0n) is 16.4. The van der Waals surface area contributed by atoms with E-state index in [-0.39, 0.29) is 36.7 Å². The van der Waals surface area contributed by atoms with Crippen LogP contribution in [0, 0.1) is 5.92 Å². The first-order chi connectivity index (χ1) is 12.5. The predicted molar refractivity (Wildman–Crippen MR) is 103 cm³/mol. The Kier molecular flexibility index (Phi) is 11.7. The molecule has 0 spiro atoms. The molecule has 0 aromatic carbocycles. The van der Waals surface area contributed by atoms with Crippen LogP contribution in [-0.4, -0.2) is 30.3 Å². The SMILES string of the molecule is C[C@@H](CC(=O)NCC(N)=O)CC(=O)NC1CCCCCCCCCCC1. The highest BCUT2D eigenvalue weighted by Gasteiger charge is 2.17. The lowest BCUT2D eigenvalue weighted by molar-refractivity contribution is -0.126. The first kappa shape index (κ1) is 22.5. The maximum atomic E-state index is 12.3. The molecule has 1 saturated carbocycles. The van der Waals surface area contributed by atoms with Crippen LogP contribution in [0.1, 0.15) is 90.4 Å². The Morgan fingerprint density at radius 2 is 1.31 bits per heavy atom. The Bertz CT molecular complexity index is 428. The highest BCUT2D eigenvalue weighted by atomic mass is 16.2. The molecule has 1 aliphatic rings. The van der Waals surface area contributed by atoms with Gasteiger partial charge < -0.3 is 16.4 Å². The normalized spacial score (nSPS) is 18.8. The molecule has 0 unspecified atom stereocenters. The smallest absolute Gasteiger partial charge is 0.236 e. The quantitative estimate of drug-likeness (QED) is 0.645. The Balaban J connectivity index is 2.32. The van der Waals surface area contributed by atoms with Gasteiger partial charge in [-0.15, -0.1) is 0 Å². The number of primary amides is 1. The van der Waals surface area contributed by atoms with Crippen molar-refractivity contribution in [3.8, 4) is 0 Å². The van der Waals surface area contributed by atoms with Crippen molar-refractivity contribution in [2.45, 2.75) is 96.4 Å². The van der Waals surface area contributed by atoms with Gasteiger partial charge >= 0.3 is 0 Å². The summed E-state index contributed by atoms with van der Waals surface area (Å²) in [6.07, 6.45) is 14.2. The molecular formula is C20H37N3O3. The van der Waals surface area contributed by atoms with E-state index >= 15 is 0 Å². The largest absolute Gasteiger partial charge is 0.368 e. The van der Waals surface area contributed by atoms with E-state index in [4.69, 9.17) is 5.73 Å². The molecule has 0 bridgehead atoms. The van der Waals surface area contributed by atoms with E-state index in [1.165, 1.54) is 57.8 Å². The van der Waals surface area contributed by atoms with E-state index in [1.807, 2.05) is 6.92 Å². The summed E-state index contributed by atoms with van der Waals surface area (Å²) in [5.74, 6) is -0.840. The lowest BCUT2D eigenvalue weighted by atomic mass is 9.97. The van der Waals surface area contributed by atoms with E-state index in [1.54, 1.807) is 0 Å². The molecule has 150 valence electrons. The number of carbonyl (C=O) groups is 3. The molecule has 0 radical (unpaired) electrons. The number of hydrogen-bond donors (Lipinski definition) is 3. The van der Waals surface area contributed by atoms with Crippen LogP contribution in [-0.2, 0) is 14.4 Å².